The van der Waals surface area contributed by atoms with Crippen molar-refractivity contribution in [2.45, 2.75) is 18.4 Å². The van der Waals surface area contributed by atoms with Gasteiger partial charge in [0, 0.05) is 0 Å². The van der Waals surface area contributed by atoms with Crippen LogP contribution in [0, 0.1) is 0 Å². The van der Waals surface area contributed by atoms with Crippen LogP contribution in [0.4, 0.5) is 8.78 Å². The molecule has 1 unspecified atom stereocenters. The lowest BCUT2D eigenvalue weighted by Gasteiger charge is -2.10. The van der Waals surface area contributed by atoms with Crippen molar-refractivity contribution in [3.8, 4) is 11.5 Å². The van der Waals surface area contributed by atoms with Crippen LogP contribution in [0.2, 0.25) is 0 Å². The van der Waals surface area contributed by atoms with Crippen LogP contribution in [0.15, 0.2) is 18.2 Å². The Bertz CT molecular complexity index is 396. The minimum Gasteiger partial charge on any atom is -0.504 e. The number of benzene rings is 1. The Hall–Kier alpha value is -1.17. The second kappa shape index (κ2) is 5.25. The van der Waals surface area contributed by atoms with Gasteiger partial charge in [-0.2, -0.15) is 8.78 Å². The summed E-state index contributed by atoms with van der Waals surface area (Å²) in [4.78, 5) is 10.5. The number of alkyl halides is 3. The van der Waals surface area contributed by atoms with E-state index in [0.717, 1.165) is 0 Å². The first-order valence-electron chi connectivity index (χ1n) is 4.34. The van der Waals surface area contributed by atoms with Gasteiger partial charge < -0.3 is 9.84 Å². The zero-order chi connectivity index (χ0) is 12.3. The first kappa shape index (κ1) is 12.9. The molecule has 0 aliphatic carbocycles. The summed E-state index contributed by atoms with van der Waals surface area (Å²) in [6.45, 7) is -1.62. The second-order valence-corrected chi connectivity index (χ2v) is 3.99. The smallest absolute Gasteiger partial charge is 0.387 e. The fraction of sp³-hybridized carbons (Fsp3) is 0.300. The molecule has 3 nitrogen and oxygen atoms in total. The van der Waals surface area contributed by atoms with E-state index in [0.29, 0.717) is 5.56 Å². The number of hydrogen-bond donors (Lipinski definition) is 1. The average Bonchev–Trinajstić information content (AvgIpc) is 2.19. The normalized spacial score (nSPS) is 12.6. The molecule has 0 saturated carbocycles. The van der Waals surface area contributed by atoms with Crippen molar-refractivity contribution in [2.75, 3.05) is 0 Å². The Morgan fingerprint density at radius 1 is 1.50 bits per heavy atom. The van der Waals surface area contributed by atoms with E-state index in [9.17, 15) is 18.7 Å². The van der Waals surface area contributed by atoms with Crippen LogP contribution in [-0.2, 0) is 4.79 Å². The molecule has 0 fully saturated rings. The van der Waals surface area contributed by atoms with Gasteiger partial charge >= 0.3 is 6.61 Å². The van der Waals surface area contributed by atoms with Crippen molar-refractivity contribution in [1.82, 2.24) is 0 Å². The largest absolute Gasteiger partial charge is 0.504 e. The third kappa shape index (κ3) is 3.16. The van der Waals surface area contributed by atoms with Gasteiger partial charge in [-0.3, -0.25) is 4.79 Å². The summed E-state index contributed by atoms with van der Waals surface area (Å²) in [7, 11) is 0. The molecule has 1 aromatic rings. The molecule has 1 atom stereocenters. The molecule has 16 heavy (non-hydrogen) atoms. The second-order valence-electron chi connectivity index (χ2n) is 3.08. The average molecular weight is 295 g/mol. The van der Waals surface area contributed by atoms with Gasteiger partial charge in [-0.05, 0) is 24.6 Å². The van der Waals surface area contributed by atoms with E-state index in [1.807, 2.05) is 0 Å². The van der Waals surface area contributed by atoms with Gasteiger partial charge in [-0.15, -0.1) is 0 Å². The lowest BCUT2D eigenvalue weighted by Crippen LogP contribution is -2.04. The van der Waals surface area contributed by atoms with Crippen molar-refractivity contribution < 1.29 is 23.4 Å². The number of hydrogen-bond acceptors (Lipinski definition) is 3. The van der Waals surface area contributed by atoms with E-state index in [1.165, 1.54) is 25.1 Å². The molecular formula is C10H9BrF2O3. The molecule has 0 radical (unpaired) electrons. The fourth-order valence-electron chi connectivity index (χ4n) is 1.12. The predicted octanol–water partition coefficient (Wildman–Crippen LogP) is 3.02. The van der Waals surface area contributed by atoms with Crippen molar-refractivity contribution in [3.05, 3.63) is 23.8 Å². The van der Waals surface area contributed by atoms with Gasteiger partial charge in [0.05, 0.1) is 4.83 Å². The third-order valence-corrected chi connectivity index (χ3v) is 3.02. The first-order valence-corrected chi connectivity index (χ1v) is 5.25. The van der Waals surface area contributed by atoms with E-state index in [1.54, 1.807) is 0 Å². The minimum absolute atomic E-state index is 0.151. The van der Waals surface area contributed by atoms with E-state index in [2.05, 4.69) is 20.7 Å². The number of ether oxygens (including phenoxy) is 1. The number of phenols is 1. The molecule has 0 bridgehead atoms. The number of carbonyl (C=O) groups excluding carboxylic acids is 1. The Balaban J connectivity index is 2.95. The lowest BCUT2D eigenvalue weighted by molar-refractivity contribution is -0.116. The molecule has 6 heteroatoms. The summed E-state index contributed by atoms with van der Waals surface area (Å²) < 4.78 is 27.8. The molecule has 1 aromatic carbocycles. The zero-order valence-corrected chi connectivity index (χ0v) is 9.87. The van der Waals surface area contributed by atoms with Gasteiger partial charge in [0.2, 0.25) is 0 Å². The molecule has 0 aromatic heterocycles. The van der Waals surface area contributed by atoms with Crippen LogP contribution in [0.1, 0.15) is 17.3 Å². The van der Waals surface area contributed by atoms with Crippen molar-refractivity contribution in [2.24, 2.45) is 0 Å². The van der Waals surface area contributed by atoms with Crippen LogP contribution in [0.25, 0.3) is 0 Å². The summed E-state index contributed by atoms with van der Waals surface area (Å²) >= 11 is 3.11. The maximum absolute atomic E-state index is 11.9. The number of carbonyl (C=O) groups is 1. The van der Waals surface area contributed by atoms with E-state index in [-0.39, 0.29) is 11.5 Å². The highest BCUT2D eigenvalue weighted by atomic mass is 79.9. The molecule has 88 valence electrons. The Kier molecular flexibility index (Phi) is 4.23. The van der Waals surface area contributed by atoms with Crippen molar-refractivity contribution in [3.63, 3.8) is 0 Å². The maximum atomic E-state index is 11.9. The Morgan fingerprint density at radius 2 is 2.12 bits per heavy atom. The molecule has 1 N–H and O–H groups in total. The molecule has 0 saturated heterocycles. The molecule has 0 heterocycles. The molecular weight excluding hydrogens is 286 g/mol. The summed E-state index contributed by atoms with van der Waals surface area (Å²) in [6, 6.07) is 3.82. The molecule has 0 aliphatic rings. The first-order chi connectivity index (χ1) is 7.41. The number of ketones is 1. The monoisotopic (exact) mass is 294 g/mol. The topological polar surface area (TPSA) is 46.5 Å². The summed E-state index contributed by atoms with van der Waals surface area (Å²) in [6.07, 6.45) is 0. The predicted molar refractivity (Wildman–Crippen MR) is 57.1 cm³/mol. The molecule has 0 spiro atoms. The molecule has 0 amide bonds. The highest BCUT2D eigenvalue weighted by Crippen LogP contribution is 2.33. The van der Waals surface area contributed by atoms with Crippen molar-refractivity contribution in [1.29, 1.82) is 0 Å². The number of aromatic hydroxyl groups is 1. The van der Waals surface area contributed by atoms with Crippen LogP contribution in [-0.4, -0.2) is 17.5 Å². The lowest BCUT2D eigenvalue weighted by atomic mass is 10.1. The number of Topliss-reactive ketones (excluding diaryl/α,β-unsaturated/α-hetero) is 1. The molecule has 0 aliphatic heterocycles. The quantitative estimate of drug-likeness (QED) is 0.869. The van der Waals surface area contributed by atoms with Gasteiger partial charge in [0.25, 0.3) is 0 Å². The minimum atomic E-state index is -3.00. The van der Waals surface area contributed by atoms with Gasteiger partial charge in [-0.25, -0.2) is 0 Å². The highest BCUT2D eigenvalue weighted by Gasteiger charge is 2.16. The number of rotatable bonds is 4. The van der Waals surface area contributed by atoms with Gasteiger partial charge in [0.15, 0.2) is 11.5 Å². The third-order valence-electron chi connectivity index (χ3n) is 1.85. The summed E-state index contributed by atoms with van der Waals surface area (Å²) in [5.41, 5.74) is 0.478. The summed E-state index contributed by atoms with van der Waals surface area (Å²) in [5.74, 6) is -0.896. The van der Waals surface area contributed by atoms with E-state index >= 15 is 0 Å². The van der Waals surface area contributed by atoms with Crippen LogP contribution < -0.4 is 4.74 Å². The zero-order valence-electron chi connectivity index (χ0n) is 8.28. The standard InChI is InChI=1S/C10H9BrF2O3/c1-5(14)9(11)6-2-3-8(7(15)4-6)16-10(12)13/h2-4,9-10,15H,1H3. The van der Waals surface area contributed by atoms with Gasteiger partial charge in [-0.1, -0.05) is 22.0 Å². The fourth-order valence-corrected chi connectivity index (χ4v) is 1.41. The Morgan fingerprint density at radius 3 is 2.56 bits per heavy atom. The van der Waals surface area contributed by atoms with Crippen molar-refractivity contribution >= 4 is 21.7 Å². The molecule has 1 rings (SSSR count). The van der Waals surface area contributed by atoms with Gasteiger partial charge in [0.1, 0.15) is 5.78 Å². The van der Waals surface area contributed by atoms with E-state index < -0.39 is 17.2 Å². The summed E-state index contributed by atoms with van der Waals surface area (Å²) in [5, 5.41) is 9.38. The SMILES string of the molecule is CC(=O)C(Br)c1ccc(OC(F)F)c(O)c1. The Labute approximate surface area is 99.2 Å². The number of halogens is 3. The van der Waals surface area contributed by atoms with Crippen LogP contribution in [0.3, 0.4) is 0 Å². The number of phenolic OH excluding ortho intramolecular Hbond substituents is 1. The van der Waals surface area contributed by atoms with Crippen LogP contribution in [0.5, 0.6) is 11.5 Å². The maximum Gasteiger partial charge on any atom is 0.387 e. The van der Waals surface area contributed by atoms with Crippen LogP contribution >= 0.6 is 15.9 Å². The highest BCUT2D eigenvalue weighted by molar-refractivity contribution is 9.09. The van der Waals surface area contributed by atoms with E-state index in [4.69, 9.17) is 0 Å².